The fourth-order valence-electron chi connectivity index (χ4n) is 1.87. The molecule has 1 aromatic rings. The molecule has 20 heavy (non-hydrogen) atoms. The number of nitrogens with two attached hydrogens (primary N) is 1. The van der Waals surface area contributed by atoms with Crippen LogP contribution < -0.4 is 11.1 Å². The minimum Gasteiger partial charge on any atom is -0.324 e. The van der Waals surface area contributed by atoms with Crippen molar-refractivity contribution < 1.29 is 4.79 Å². The molecule has 0 radical (unpaired) electrons. The van der Waals surface area contributed by atoms with Crippen LogP contribution in [0.1, 0.15) is 17.5 Å². The molecule has 0 spiro atoms. The van der Waals surface area contributed by atoms with E-state index in [1.54, 1.807) is 11.8 Å². The SMILES string of the molecule is CSCC[C@H](N)C(=O)Nc1cc(CN(C)C)ccc1C. The van der Waals surface area contributed by atoms with Gasteiger partial charge in [0.05, 0.1) is 6.04 Å². The second-order valence-electron chi connectivity index (χ2n) is 5.26. The van der Waals surface area contributed by atoms with E-state index in [0.717, 1.165) is 23.5 Å². The molecule has 0 unspecified atom stereocenters. The van der Waals surface area contributed by atoms with E-state index in [-0.39, 0.29) is 5.91 Å². The number of carbonyl (C=O) groups excluding carboxylic acids is 1. The molecule has 0 aliphatic rings. The summed E-state index contributed by atoms with van der Waals surface area (Å²) in [6, 6.07) is 5.69. The van der Waals surface area contributed by atoms with Crippen LogP contribution in [0.25, 0.3) is 0 Å². The van der Waals surface area contributed by atoms with E-state index >= 15 is 0 Å². The Kier molecular flexibility index (Phi) is 7.05. The van der Waals surface area contributed by atoms with Crippen molar-refractivity contribution in [2.75, 3.05) is 31.4 Å². The lowest BCUT2D eigenvalue weighted by molar-refractivity contribution is -0.117. The third kappa shape index (κ3) is 5.53. The molecule has 0 aromatic heterocycles. The average Bonchev–Trinajstić information content (AvgIpc) is 2.39. The molecule has 1 rings (SSSR count). The summed E-state index contributed by atoms with van der Waals surface area (Å²) in [6.07, 6.45) is 2.71. The van der Waals surface area contributed by atoms with E-state index in [1.165, 1.54) is 5.56 Å². The molecular weight excluding hydrogens is 270 g/mol. The van der Waals surface area contributed by atoms with Crippen molar-refractivity contribution in [2.24, 2.45) is 5.73 Å². The number of amides is 1. The first-order chi connectivity index (χ1) is 9.43. The number of nitrogens with one attached hydrogen (secondary N) is 1. The molecule has 0 saturated heterocycles. The molecule has 0 heterocycles. The topological polar surface area (TPSA) is 58.4 Å². The molecule has 5 heteroatoms. The summed E-state index contributed by atoms with van der Waals surface area (Å²) >= 11 is 1.70. The van der Waals surface area contributed by atoms with Gasteiger partial charge in [0.25, 0.3) is 0 Å². The van der Waals surface area contributed by atoms with Gasteiger partial charge in [0.15, 0.2) is 0 Å². The van der Waals surface area contributed by atoms with Crippen LogP contribution in [0.5, 0.6) is 0 Å². The van der Waals surface area contributed by atoms with Crippen LogP contribution in [0.4, 0.5) is 5.69 Å². The van der Waals surface area contributed by atoms with E-state index in [2.05, 4.69) is 16.3 Å². The number of benzene rings is 1. The number of thioether (sulfide) groups is 1. The molecule has 112 valence electrons. The summed E-state index contributed by atoms with van der Waals surface area (Å²) < 4.78 is 0. The van der Waals surface area contributed by atoms with Crippen LogP contribution in [-0.2, 0) is 11.3 Å². The van der Waals surface area contributed by atoms with Gasteiger partial charge in [0, 0.05) is 12.2 Å². The summed E-state index contributed by atoms with van der Waals surface area (Å²) in [5.41, 5.74) is 8.97. The van der Waals surface area contributed by atoms with Crippen LogP contribution in [-0.4, -0.2) is 43.0 Å². The second-order valence-corrected chi connectivity index (χ2v) is 6.25. The van der Waals surface area contributed by atoms with Gasteiger partial charge in [-0.05, 0) is 56.6 Å². The normalized spacial score (nSPS) is 12.5. The van der Waals surface area contributed by atoms with Crippen LogP contribution in [0.15, 0.2) is 18.2 Å². The fraction of sp³-hybridized carbons (Fsp3) is 0.533. The summed E-state index contributed by atoms with van der Waals surface area (Å²) in [5, 5.41) is 2.94. The van der Waals surface area contributed by atoms with Crippen LogP contribution in [0.2, 0.25) is 0 Å². The molecule has 1 atom stereocenters. The Labute approximate surface area is 126 Å². The molecule has 3 N–H and O–H groups in total. The number of hydrogen-bond donors (Lipinski definition) is 2. The zero-order chi connectivity index (χ0) is 15.1. The first kappa shape index (κ1) is 17.0. The zero-order valence-electron chi connectivity index (χ0n) is 12.8. The molecule has 0 bridgehead atoms. The third-order valence-electron chi connectivity index (χ3n) is 3.03. The van der Waals surface area contributed by atoms with Gasteiger partial charge in [-0.25, -0.2) is 0 Å². The van der Waals surface area contributed by atoms with Gasteiger partial charge in [0.1, 0.15) is 0 Å². The third-order valence-corrected chi connectivity index (χ3v) is 3.67. The lowest BCUT2D eigenvalue weighted by Crippen LogP contribution is -2.36. The largest absolute Gasteiger partial charge is 0.324 e. The van der Waals surface area contributed by atoms with E-state index in [4.69, 9.17) is 5.73 Å². The van der Waals surface area contributed by atoms with Crippen molar-refractivity contribution in [3.8, 4) is 0 Å². The van der Waals surface area contributed by atoms with Crippen molar-refractivity contribution in [3.63, 3.8) is 0 Å². The highest BCUT2D eigenvalue weighted by molar-refractivity contribution is 7.98. The van der Waals surface area contributed by atoms with Gasteiger partial charge in [-0.15, -0.1) is 0 Å². The minimum atomic E-state index is -0.445. The molecule has 0 aliphatic carbocycles. The summed E-state index contributed by atoms with van der Waals surface area (Å²) in [5.74, 6) is 0.790. The van der Waals surface area contributed by atoms with E-state index < -0.39 is 6.04 Å². The number of carbonyl (C=O) groups is 1. The second kappa shape index (κ2) is 8.29. The zero-order valence-corrected chi connectivity index (χ0v) is 13.6. The van der Waals surface area contributed by atoms with Crippen molar-refractivity contribution in [1.82, 2.24) is 4.90 Å². The first-order valence-corrected chi connectivity index (χ1v) is 8.13. The van der Waals surface area contributed by atoms with Gasteiger partial charge in [0.2, 0.25) is 5.91 Å². The Morgan fingerprint density at radius 1 is 1.45 bits per heavy atom. The van der Waals surface area contributed by atoms with Crippen molar-refractivity contribution in [3.05, 3.63) is 29.3 Å². The van der Waals surface area contributed by atoms with Crippen molar-refractivity contribution in [2.45, 2.75) is 25.9 Å². The summed E-state index contributed by atoms with van der Waals surface area (Å²) in [7, 11) is 4.05. The lowest BCUT2D eigenvalue weighted by Gasteiger charge is -2.16. The first-order valence-electron chi connectivity index (χ1n) is 6.73. The van der Waals surface area contributed by atoms with Crippen molar-refractivity contribution >= 4 is 23.4 Å². The standard InChI is InChI=1S/C15H25N3OS/c1-11-5-6-12(10-18(2)3)9-14(11)17-15(19)13(16)7-8-20-4/h5-6,9,13H,7-8,10,16H2,1-4H3,(H,17,19)/t13-/m0/s1. The van der Waals surface area contributed by atoms with E-state index in [9.17, 15) is 4.79 Å². The number of anilines is 1. The van der Waals surface area contributed by atoms with Crippen LogP contribution in [0, 0.1) is 6.92 Å². The molecule has 0 saturated carbocycles. The highest BCUT2D eigenvalue weighted by atomic mass is 32.2. The van der Waals surface area contributed by atoms with Gasteiger partial charge in [-0.2, -0.15) is 11.8 Å². The Morgan fingerprint density at radius 2 is 2.15 bits per heavy atom. The maximum Gasteiger partial charge on any atom is 0.241 e. The van der Waals surface area contributed by atoms with Crippen LogP contribution >= 0.6 is 11.8 Å². The minimum absolute atomic E-state index is 0.107. The Bertz CT molecular complexity index is 449. The Hall–Kier alpha value is -1.04. The van der Waals surface area contributed by atoms with Crippen molar-refractivity contribution in [1.29, 1.82) is 0 Å². The molecule has 4 nitrogen and oxygen atoms in total. The number of hydrogen-bond acceptors (Lipinski definition) is 4. The maximum absolute atomic E-state index is 12.0. The fourth-order valence-corrected chi connectivity index (χ4v) is 2.36. The van der Waals surface area contributed by atoms with Gasteiger partial charge in [-0.3, -0.25) is 4.79 Å². The Morgan fingerprint density at radius 3 is 2.75 bits per heavy atom. The molecule has 0 fully saturated rings. The van der Waals surface area contributed by atoms with Gasteiger partial charge < -0.3 is 16.0 Å². The smallest absolute Gasteiger partial charge is 0.241 e. The lowest BCUT2D eigenvalue weighted by atomic mass is 10.1. The number of rotatable bonds is 7. The molecule has 1 aromatic carbocycles. The summed E-state index contributed by atoms with van der Waals surface area (Å²) in [4.78, 5) is 14.1. The average molecular weight is 295 g/mol. The van der Waals surface area contributed by atoms with E-state index in [1.807, 2.05) is 39.4 Å². The predicted molar refractivity (Wildman–Crippen MR) is 88.2 cm³/mol. The maximum atomic E-state index is 12.0. The molecule has 1 amide bonds. The van der Waals surface area contributed by atoms with Gasteiger partial charge >= 0.3 is 0 Å². The monoisotopic (exact) mass is 295 g/mol. The molecular formula is C15H25N3OS. The number of nitrogens with zero attached hydrogens (tertiary/aromatic N) is 1. The van der Waals surface area contributed by atoms with Gasteiger partial charge in [-0.1, -0.05) is 12.1 Å². The molecule has 0 aliphatic heterocycles. The van der Waals surface area contributed by atoms with Crippen LogP contribution in [0.3, 0.4) is 0 Å². The van der Waals surface area contributed by atoms with E-state index in [0.29, 0.717) is 6.42 Å². The summed E-state index contributed by atoms with van der Waals surface area (Å²) in [6.45, 7) is 2.84. The quantitative estimate of drug-likeness (QED) is 0.808. The highest BCUT2D eigenvalue weighted by Gasteiger charge is 2.14. The highest BCUT2D eigenvalue weighted by Crippen LogP contribution is 2.18. The predicted octanol–water partition coefficient (Wildman–Crippen LogP) is 2.08. The number of aryl methyl sites for hydroxylation is 1. The Balaban J connectivity index is 2.72.